The van der Waals surface area contributed by atoms with E-state index in [-0.39, 0.29) is 0 Å². The van der Waals surface area contributed by atoms with Gasteiger partial charge in [0.2, 0.25) is 0 Å². The molecule has 1 saturated heterocycles. The SMILES string of the molecule is CCCC1CCCCN1Cc1ccc(C(=O)O)cc1C. The fourth-order valence-corrected chi connectivity index (χ4v) is 3.15. The van der Waals surface area contributed by atoms with E-state index in [0.29, 0.717) is 11.6 Å². The van der Waals surface area contributed by atoms with Crippen LogP contribution in [0, 0.1) is 6.92 Å². The first-order chi connectivity index (χ1) is 9.61. The smallest absolute Gasteiger partial charge is 0.335 e. The molecule has 1 aliphatic rings. The summed E-state index contributed by atoms with van der Waals surface area (Å²) < 4.78 is 0. The molecule has 0 saturated carbocycles. The number of likely N-dealkylation sites (tertiary alicyclic amines) is 1. The Hall–Kier alpha value is -1.35. The third kappa shape index (κ3) is 3.60. The summed E-state index contributed by atoms with van der Waals surface area (Å²) in [5, 5.41) is 9.02. The van der Waals surface area contributed by atoms with Gasteiger partial charge in [0, 0.05) is 12.6 Å². The van der Waals surface area contributed by atoms with Crippen LogP contribution in [0.25, 0.3) is 0 Å². The second kappa shape index (κ2) is 6.89. The molecule has 0 bridgehead atoms. The number of aromatic carboxylic acids is 1. The molecule has 1 atom stereocenters. The molecule has 0 amide bonds. The molecule has 1 heterocycles. The van der Waals surface area contributed by atoms with Crippen LogP contribution in [0.5, 0.6) is 0 Å². The van der Waals surface area contributed by atoms with Gasteiger partial charge in [-0.3, -0.25) is 4.90 Å². The van der Waals surface area contributed by atoms with Crippen molar-refractivity contribution >= 4 is 5.97 Å². The molecule has 1 N–H and O–H groups in total. The molecule has 0 spiro atoms. The number of carbonyl (C=O) groups is 1. The Morgan fingerprint density at radius 2 is 2.20 bits per heavy atom. The van der Waals surface area contributed by atoms with Gasteiger partial charge in [-0.2, -0.15) is 0 Å². The fourth-order valence-electron chi connectivity index (χ4n) is 3.15. The van der Waals surface area contributed by atoms with Crippen molar-refractivity contribution in [1.82, 2.24) is 4.90 Å². The predicted octanol–water partition coefficient (Wildman–Crippen LogP) is 3.85. The van der Waals surface area contributed by atoms with Crippen molar-refractivity contribution < 1.29 is 9.90 Å². The van der Waals surface area contributed by atoms with Gasteiger partial charge in [-0.15, -0.1) is 0 Å². The first-order valence-corrected chi connectivity index (χ1v) is 7.68. The molecule has 110 valence electrons. The minimum Gasteiger partial charge on any atom is -0.478 e. The summed E-state index contributed by atoms with van der Waals surface area (Å²) in [5.41, 5.74) is 2.73. The Morgan fingerprint density at radius 3 is 2.85 bits per heavy atom. The van der Waals surface area contributed by atoms with Gasteiger partial charge < -0.3 is 5.11 Å². The van der Waals surface area contributed by atoms with Crippen molar-refractivity contribution in [1.29, 1.82) is 0 Å². The molecule has 1 fully saturated rings. The Morgan fingerprint density at radius 1 is 1.40 bits per heavy atom. The highest BCUT2D eigenvalue weighted by Crippen LogP contribution is 2.24. The highest BCUT2D eigenvalue weighted by molar-refractivity contribution is 5.87. The van der Waals surface area contributed by atoms with Gasteiger partial charge in [0.1, 0.15) is 0 Å². The van der Waals surface area contributed by atoms with E-state index in [9.17, 15) is 4.79 Å². The summed E-state index contributed by atoms with van der Waals surface area (Å²) in [5.74, 6) is -0.846. The average molecular weight is 275 g/mol. The lowest BCUT2D eigenvalue weighted by molar-refractivity contribution is 0.0696. The minimum absolute atomic E-state index is 0.384. The molecule has 2 rings (SSSR count). The highest BCUT2D eigenvalue weighted by atomic mass is 16.4. The molecule has 20 heavy (non-hydrogen) atoms. The second-order valence-corrected chi connectivity index (χ2v) is 5.86. The quantitative estimate of drug-likeness (QED) is 0.887. The van der Waals surface area contributed by atoms with Crippen LogP contribution in [-0.2, 0) is 6.54 Å². The molecule has 3 heteroatoms. The summed E-state index contributed by atoms with van der Waals surface area (Å²) in [6.45, 7) is 6.39. The Balaban J connectivity index is 2.09. The van der Waals surface area contributed by atoms with Crippen LogP contribution in [0.3, 0.4) is 0 Å². The van der Waals surface area contributed by atoms with Crippen LogP contribution in [-0.4, -0.2) is 28.6 Å². The van der Waals surface area contributed by atoms with Crippen LogP contribution in [0.4, 0.5) is 0 Å². The maximum Gasteiger partial charge on any atom is 0.335 e. The molecule has 3 nitrogen and oxygen atoms in total. The number of hydrogen-bond donors (Lipinski definition) is 1. The predicted molar refractivity (Wildman–Crippen MR) is 81.1 cm³/mol. The monoisotopic (exact) mass is 275 g/mol. The standard InChI is InChI=1S/C17H25NO2/c1-3-6-16-7-4-5-10-18(16)12-15-9-8-14(17(19)20)11-13(15)2/h8-9,11,16H,3-7,10,12H2,1-2H3,(H,19,20). The Kier molecular flexibility index (Phi) is 5.18. The molecule has 0 radical (unpaired) electrons. The van der Waals surface area contributed by atoms with E-state index in [4.69, 9.17) is 5.11 Å². The number of carboxylic acid groups (broad SMARTS) is 1. The van der Waals surface area contributed by atoms with Gasteiger partial charge in [0.05, 0.1) is 5.56 Å². The van der Waals surface area contributed by atoms with E-state index in [0.717, 1.165) is 12.1 Å². The van der Waals surface area contributed by atoms with E-state index < -0.39 is 5.97 Å². The average Bonchev–Trinajstić information content (AvgIpc) is 2.43. The first kappa shape index (κ1) is 15.0. The highest BCUT2D eigenvalue weighted by Gasteiger charge is 2.22. The van der Waals surface area contributed by atoms with Crippen LogP contribution in [0.15, 0.2) is 18.2 Å². The number of rotatable bonds is 5. The zero-order valence-electron chi connectivity index (χ0n) is 12.6. The van der Waals surface area contributed by atoms with Crippen LogP contribution >= 0.6 is 0 Å². The van der Waals surface area contributed by atoms with Crippen LogP contribution in [0.1, 0.15) is 60.5 Å². The van der Waals surface area contributed by atoms with Crippen molar-refractivity contribution in [2.24, 2.45) is 0 Å². The number of piperidine rings is 1. The molecular formula is C17H25NO2. The van der Waals surface area contributed by atoms with E-state index in [1.54, 1.807) is 12.1 Å². The van der Waals surface area contributed by atoms with Gasteiger partial charge in [0.15, 0.2) is 0 Å². The number of carboxylic acids is 1. The fraction of sp³-hybridized carbons (Fsp3) is 0.588. The zero-order valence-corrected chi connectivity index (χ0v) is 12.6. The summed E-state index contributed by atoms with van der Waals surface area (Å²) in [4.78, 5) is 13.6. The van der Waals surface area contributed by atoms with Crippen molar-refractivity contribution in [3.05, 3.63) is 34.9 Å². The molecule has 1 unspecified atom stereocenters. The first-order valence-electron chi connectivity index (χ1n) is 7.68. The van der Waals surface area contributed by atoms with Gasteiger partial charge in [0.25, 0.3) is 0 Å². The summed E-state index contributed by atoms with van der Waals surface area (Å²) >= 11 is 0. The Bertz CT molecular complexity index is 468. The maximum atomic E-state index is 11.0. The van der Waals surface area contributed by atoms with E-state index in [1.165, 1.54) is 44.2 Å². The molecule has 1 aromatic carbocycles. The van der Waals surface area contributed by atoms with Crippen molar-refractivity contribution in [2.45, 2.75) is 58.5 Å². The molecule has 1 aliphatic heterocycles. The summed E-state index contributed by atoms with van der Waals surface area (Å²) in [7, 11) is 0. The van der Waals surface area contributed by atoms with Crippen molar-refractivity contribution in [3.8, 4) is 0 Å². The normalized spacial score (nSPS) is 20.0. The molecule has 0 aliphatic carbocycles. The van der Waals surface area contributed by atoms with E-state index >= 15 is 0 Å². The molecule has 1 aromatic rings. The lowest BCUT2D eigenvalue weighted by atomic mass is 9.96. The van der Waals surface area contributed by atoms with Crippen molar-refractivity contribution in [2.75, 3.05) is 6.54 Å². The summed E-state index contributed by atoms with van der Waals surface area (Å²) in [6.07, 6.45) is 6.44. The van der Waals surface area contributed by atoms with Crippen molar-refractivity contribution in [3.63, 3.8) is 0 Å². The largest absolute Gasteiger partial charge is 0.478 e. The number of benzene rings is 1. The lowest BCUT2D eigenvalue weighted by Crippen LogP contribution is -2.38. The molecule has 0 aromatic heterocycles. The van der Waals surface area contributed by atoms with Gasteiger partial charge in [-0.1, -0.05) is 25.8 Å². The maximum absolute atomic E-state index is 11.0. The summed E-state index contributed by atoms with van der Waals surface area (Å²) in [6, 6.07) is 6.20. The third-order valence-corrected chi connectivity index (χ3v) is 4.33. The number of hydrogen-bond acceptors (Lipinski definition) is 2. The van der Waals surface area contributed by atoms with E-state index in [1.807, 2.05) is 13.0 Å². The van der Waals surface area contributed by atoms with Gasteiger partial charge in [-0.25, -0.2) is 4.79 Å². The number of nitrogens with zero attached hydrogens (tertiary/aromatic N) is 1. The van der Waals surface area contributed by atoms with Gasteiger partial charge >= 0.3 is 5.97 Å². The Labute approximate surface area is 121 Å². The topological polar surface area (TPSA) is 40.5 Å². The minimum atomic E-state index is -0.846. The molecular weight excluding hydrogens is 250 g/mol. The number of aryl methyl sites for hydroxylation is 1. The van der Waals surface area contributed by atoms with Crippen LogP contribution in [0.2, 0.25) is 0 Å². The van der Waals surface area contributed by atoms with E-state index in [2.05, 4.69) is 11.8 Å². The zero-order chi connectivity index (χ0) is 14.5. The van der Waals surface area contributed by atoms with Crippen LogP contribution < -0.4 is 0 Å². The van der Waals surface area contributed by atoms with Gasteiger partial charge in [-0.05, 0) is 56.0 Å². The second-order valence-electron chi connectivity index (χ2n) is 5.86. The third-order valence-electron chi connectivity index (χ3n) is 4.33. The lowest BCUT2D eigenvalue weighted by Gasteiger charge is -2.36.